The molecule has 0 atom stereocenters. The van der Waals surface area contributed by atoms with Gasteiger partial charge in [0.1, 0.15) is 5.69 Å². The van der Waals surface area contributed by atoms with Crippen molar-refractivity contribution in [1.82, 2.24) is 4.90 Å². The highest BCUT2D eigenvalue weighted by Gasteiger charge is 2.19. The van der Waals surface area contributed by atoms with Crippen molar-refractivity contribution in [3.63, 3.8) is 0 Å². The maximum Gasteiger partial charge on any atom is 0.292 e. The fraction of sp³-hybridized carbons (Fsp3) is 0.500. The van der Waals surface area contributed by atoms with Crippen molar-refractivity contribution in [1.29, 1.82) is 0 Å². The van der Waals surface area contributed by atoms with Gasteiger partial charge >= 0.3 is 0 Å². The number of anilines is 1. The maximum atomic E-state index is 11.1. The number of hydrogen-bond donors (Lipinski definition) is 0. The Bertz CT molecular complexity index is 449. The molecule has 0 fully saturated rings. The van der Waals surface area contributed by atoms with Crippen molar-refractivity contribution in [2.75, 3.05) is 39.1 Å². The summed E-state index contributed by atoms with van der Waals surface area (Å²) in [4.78, 5) is 14.6. The third-order valence-electron chi connectivity index (χ3n) is 2.75. The molecule has 0 aromatic heterocycles. The monoisotopic (exact) mass is 271 g/mol. The Labute approximate surface area is 112 Å². The molecule has 0 aliphatic rings. The van der Waals surface area contributed by atoms with Crippen LogP contribution in [0.3, 0.4) is 0 Å². The zero-order chi connectivity index (χ0) is 13.9. The summed E-state index contributed by atoms with van der Waals surface area (Å²) < 4.78 is 0. The molecule has 0 N–H and O–H groups in total. The van der Waals surface area contributed by atoms with Crippen LogP contribution in [0.2, 0.25) is 5.02 Å². The van der Waals surface area contributed by atoms with Crippen LogP contribution >= 0.6 is 11.6 Å². The lowest BCUT2D eigenvalue weighted by Gasteiger charge is -2.21. The first-order valence-corrected chi connectivity index (χ1v) is 6.01. The fourth-order valence-corrected chi connectivity index (χ4v) is 1.74. The molecular formula is C12H18ClN3O2. The zero-order valence-electron chi connectivity index (χ0n) is 11.1. The van der Waals surface area contributed by atoms with Crippen LogP contribution < -0.4 is 4.90 Å². The summed E-state index contributed by atoms with van der Waals surface area (Å²) in [5.41, 5.74) is 1.36. The second kappa shape index (κ2) is 6.02. The van der Waals surface area contributed by atoms with E-state index in [9.17, 15) is 10.1 Å². The Morgan fingerprint density at radius 2 is 1.89 bits per heavy atom. The predicted molar refractivity (Wildman–Crippen MR) is 74.7 cm³/mol. The van der Waals surface area contributed by atoms with Gasteiger partial charge < -0.3 is 9.80 Å². The summed E-state index contributed by atoms with van der Waals surface area (Å²) in [6.07, 6.45) is 0. The number of halogens is 1. The molecule has 0 spiro atoms. The minimum absolute atomic E-state index is 0.0955. The second-order valence-electron chi connectivity index (χ2n) is 4.57. The van der Waals surface area contributed by atoms with Gasteiger partial charge in [0.25, 0.3) is 5.69 Å². The molecule has 0 saturated carbocycles. The minimum atomic E-state index is -0.370. The van der Waals surface area contributed by atoms with Crippen molar-refractivity contribution >= 4 is 23.0 Å². The van der Waals surface area contributed by atoms with E-state index in [0.717, 1.165) is 6.54 Å². The zero-order valence-corrected chi connectivity index (χ0v) is 11.9. The SMILES string of the molecule is Cc1cc([N+](=O)[O-])c(N(C)CCN(C)C)cc1Cl. The molecule has 100 valence electrons. The van der Waals surface area contributed by atoms with Gasteiger partial charge in [0.2, 0.25) is 0 Å². The molecule has 0 aliphatic carbocycles. The number of nitro benzene ring substituents is 1. The lowest BCUT2D eigenvalue weighted by Crippen LogP contribution is -2.28. The van der Waals surface area contributed by atoms with Crippen molar-refractivity contribution in [2.45, 2.75) is 6.92 Å². The van der Waals surface area contributed by atoms with Gasteiger partial charge in [-0.1, -0.05) is 11.6 Å². The van der Waals surface area contributed by atoms with Gasteiger partial charge in [-0.15, -0.1) is 0 Å². The summed E-state index contributed by atoms with van der Waals surface area (Å²) in [6.45, 7) is 3.28. The summed E-state index contributed by atoms with van der Waals surface area (Å²) in [5, 5.41) is 11.6. The number of likely N-dealkylation sites (N-methyl/N-ethyl adjacent to an activating group) is 2. The van der Waals surface area contributed by atoms with Crippen LogP contribution in [-0.4, -0.2) is 44.1 Å². The van der Waals surface area contributed by atoms with Crippen molar-refractivity contribution in [3.05, 3.63) is 32.8 Å². The molecule has 1 aromatic carbocycles. The van der Waals surface area contributed by atoms with Gasteiger partial charge in [-0.25, -0.2) is 0 Å². The van der Waals surface area contributed by atoms with Crippen LogP contribution in [0.15, 0.2) is 12.1 Å². The van der Waals surface area contributed by atoms with Gasteiger partial charge in [0.15, 0.2) is 0 Å². The minimum Gasteiger partial charge on any atom is -0.368 e. The summed E-state index contributed by atoms with van der Waals surface area (Å²) >= 11 is 6.04. The molecule has 0 saturated heterocycles. The first kappa shape index (κ1) is 14.7. The molecule has 0 aliphatic heterocycles. The van der Waals surface area contributed by atoms with E-state index in [1.54, 1.807) is 13.0 Å². The smallest absolute Gasteiger partial charge is 0.292 e. The van der Waals surface area contributed by atoms with Crippen LogP contribution in [-0.2, 0) is 0 Å². The molecule has 0 heterocycles. The topological polar surface area (TPSA) is 49.6 Å². The molecule has 0 amide bonds. The number of nitro groups is 1. The highest BCUT2D eigenvalue weighted by Crippen LogP contribution is 2.32. The number of aryl methyl sites for hydroxylation is 1. The number of nitrogens with zero attached hydrogens (tertiary/aromatic N) is 3. The molecule has 6 heteroatoms. The largest absolute Gasteiger partial charge is 0.368 e. The van der Waals surface area contributed by atoms with Gasteiger partial charge in [0, 0.05) is 31.2 Å². The second-order valence-corrected chi connectivity index (χ2v) is 4.98. The fourth-order valence-electron chi connectivity index (χ4n) is 1.58. The molecular weight excluding hydrogens is 254 g/mol. The van der Waals surface area contributed by atoms with Crippen LogP contribution in [0.4, 0.5) is 11.4 Å². The quantitative estimate of drug-likeness (QED) is 0.610. The third-order valence-corrected chi connectivity index (χ3v) is 3.15. The van der Waals surface area contributed by atoms with Crippen LogP contribution in [0.5, 0.6) is 0 Å². The average Bonchev–Trinajstić information content (AvgIpc) is 2.28. The van der Waals surface area contributed by atoms with Crippen LogP contribution in [0.25, 0.3) is 0 Å². The molecule has 1 rings (SSSR count). The van der Waals surface area contributed by atoms with Gasteiger partial charge in [-0.05, 0) is 32.6 Å². The van der Waals surface area contributed by atoms with E-state index in [1.807, 2.05) is 30.9 Å². The Hall–Kier alpha value is -1.33. The first-order chi connectivity index (χ1) is 8.32. The normalized spacial score (nSPS) is 10.8. The molecule has 0 unspecified atom stereocenters. The van der Waals surface area contributed by atoms with E-state index in [1.165, 1.54) is 6.07 Å². The van der Waals surface area contributed by atoms with E-state index in [0.29, 0.717) is 22.8 Å². The lowest BCUT2D eigenvalue weighted by atomic mass is 10.2. The van der Waals surface area contributed by atoms with Gasteiger partial charge in [-0.3, -0.25) is 10.1 Å². The molecule has 1 aromatic rings. The van der Waals surface area contributed by atoms with Crippen molar-refractivity contribution in [2.24, 2.45) is 0 Å². The van der Waals surface area contributed by atoms with Crippen molar-refractivity contribution < 1.29 is 4.92 Å². The average molecular weight is 272 g/mol. The lowest BCUT2D eigenvalue weighted by molar-refractivity contribution is -0.384. The van der Waals surface area contributed by atoms with Crippen LogP contribution in [0.1, 0.15) is 5.56 Å². The first-order valence-electron chi connectivity index (χ1n) is 5.63. The molecule has 0 radical (unpaired) electrons. The third kappa shape index (κ3) is 3.58. The van der Waals surface area contributed by atoms with Crippen LogP contribution in [0, 0.1) is 17.0 Å². The Kier molecular flexibility index (Phi) is 4.93. The highest BCUT2D eigenvalue weighted by atomic mass is 35.5. The number of benzene rings is 1. The summed E-state index contributed by atoms with van der Waals surface area (Å²) in [7, 11) is 5.76. The standard InChI is InChI=1S/C12H18ClN3O2/c1-9-7-12(16(17)18)11(8-10(9)13)15(4)6-5-14(2)3/h7-8H,5-6H2,1-4H3. The number of rotatable bonds is 5. The van der Waals surface area contributed by atoms with E-state index in [4.69, 9.17) is 11.6 Å². The van der Waals surface area contributed by atoms with E-state index in [2.05, 4.69) is 0 Å². The molecule has 18 heavy (non-hydrogen) atoms. The van der Waals surface area contributed by atoms with Gasteiger partial charge in [-0.2, -0.15) is 0 Å². The van der Waals surface area contributed by atoms with E-state index < -0.39 is 0 Å². The van der Waals surface area contributed by atoms with E-state index in [-0.39, 0.29) is 10.6 Å². The Balaban J connectivity index is 3.05. The Morgan fingerprint density at radius 3 is 2.39 bits per heavy atom. The summed E-state index contributed by atoms with van der Waals surface area (Å²) in [5.74, 6) is 0. The Morgan fingerprint density at radius 1 is 1.28 bits per heavy atom. The number of hydrogen-bond acceptors (Lipinski definition) is 4. The van der Waals surface area contributed by atoms with Gasteiger partial charge in [0.05, 0.1) is 4.92 Å². The maximum absolute atomic E-state index is 11.1. The molecule has 0 bridgehead atoms. The predicted octanol–water partition coefficient (Wildman–Crippen LogP) is 2.55. The summed E-state index contributed by atoms with van der Waals surface area (Å²) in [6, 6.07) is 3.18. The van der Waals surface area contributed by atoms with Crippen molar-refractivity contribution in [3.8, 4) is 0 Å². The van der Waals surface area contributed by atoms with E-state index >= 15 is 0 Å². The molecule has 5 nitrogen and oxygen atoms in total. The highest BCUT2D eigenvalue weighted by molar-refractivity contribution is 6.31.